The number of anilines is 1. The van der Waals surface area contributed by atoms with Gasteiger partial charge in [-0.05, 0) is 43.9 Å². The summed E-state index contributed by atoms with van der Waals surface area (Å²) in [4.78, 5) is 25.0. The first-order chi connectivity index (χ1) is 11.1. The average molecular weight is 315 g/mol. The lowest BCUT2D eigenvalue weighted by Crippen LogP contribution is -2.43. The molecular weight excluding hydrogens is 297 g/mol. The lowest BCUT2D eigenvalue weighted by Gasteiger charge is -2.34. The van der Waals surface area contributed by atoms with E-state index < -0.39 is 5.82 Å². The number of carbonyl (C=O) groups excluding carboxylic acids is 2. The molecule has 0 radical (unpaired) electrons. The molecule has 0 atom stereocenters. The molecule has 5 nitrogen and oxygen atoms in total. The Morgan fingerprint density at radius 1 is 1.13 bits per heavy atom. The molecule has 0 unspecified atom stereocenters. The molecule has 2 amide bonds. The van der Waals surface area contributed by atoms with Gasteiger partial charge in [0.25, 0.3) is 0 Å². The second kappa shape index (κ2) is 6.37. The van der Waals surface area contributed by atoms with Crippen LogP contribution in [-0.4, -0.2) is 28.8 Å². The van der Waals surface area contributed by atoms with Gasteiger partial charge in [0.05, 0.1) is 11.3 Å². The van der Waals surface area contributed by atoms with Crippen LogP contribution >= 0.6 is 0 Å². The number of rotatable bonds is 3. The molecule has 1 aliphatic carbocycles. The summed E-state index contributed by atoms with van der Waals surface area (Å²) in [7, 11) is 0. The zero-order chi connectivity index (χ0) is 16.4. The number of imide groups is 1. The topological polar surface area (TPSA) is 73.2 Å². The molecule has 2 aliphatic rings. The Labute approximate surface area is 134 Å². The van der Waals surface area contributed by atoms with E-state index in [2.05, 4.69) is 5.32 Å². The molecule has 0 bridgehead atoms. The summed E-state index contributed by atoms with van der Waals surface area (Å²) in [6, 6.07) is 6.28. The Bertz CT molecular complexity index is 659. The van der Waals surface area contributed by atoms with E-state index in [-0.39, 0.29) is 29.5 Å². The minimum atomic E-state index is -0.429. The molecule has 0 aromatic heterocycles. The number of hydrogen-bond acceptors (Lipinski definition) is 4. The summed E-state index contributed by atoms with van der Waals surface area (Å²) in [6.07, 6.45) is 3.81. The zero-order valence-electron chi connectivity index (χ0n) is 12.7. The zero-order valence-corrected chi connectivity index (χ0v) is 12.7. The van der Waals surface area contributed by atoms with Crippen LogP contribution in [0.3, 0.4) is 0 Å². The fourth-order valence-corrected chi connectivity index (χ4v) is 3.43. The third kappa shape index (κ3) is 3.19. The van der Waals surface area contributed by atoms with Crippen molar-refractivity contribution in [1.82, 2.24) is 4.90 Å². The largest absolute Gasteiger partial charge is 0.381 e. The molecule has 120 valence electrons. The van der Waals surface area contributed by atoms with Gasteiger partial charge in [0.1, 0.15) is 11.9 Å². The SMILES string of the molecule is N#Cc1cc(F)ccc1NC1CCC(N2C(=O)CCC2=O)CC1. The average Bonchev–Trinajstić information content (AvgIpc) is 2.89. The van der Waals surface area contributed by atoms with Gasteiger partial charge >= 0.3 is 0 Å². The highest BCUT2D eigenvalue weighted by atomic mass is 19.1. The summed E-state index contributed by atoms with van der Waals surface area (Å²) >= 11 is 0. The fourth-order valence-electron chi connectivity index (χ4n) is 3.43. The molecule has 1 aromatic rings. The maximum atomic E-state index is 13.2. The molecule has 0 spiro atoms. The maximum Gasteiger partial charge on any atom is 0.229 e. The molecule has 1 aliphatic heterocycles. The minimum absolute atomic E-state index is 0.000736. The van der Waals surface area contributed by atoms with Crippen LogP contribution in [0.4, 0.5) is 10.1 Å². The Hall–Kier alpha value is -2.42. The third-order valence-electron chi connectivity index (χ3n) is 4.61. The van der Waals surface area contributed by atoms with Crippen LogP contribution in [0.1, 0.15) is 44.1 Å². The van der Waals surface area contributed by atoms with Crippen LogP contribution in [0.15, 0.2) is 18.2 Å². The molecule has 1 heterocycles. The van der Waals surface area contributed by atoms with E-state index in [0.29, 0.717) is 18.5 Å². The van der Waals surface area contributed by atoms with E-state index in [1.165, 1.54) is 17.0 Å². The van der Waals surface area contributed by atoms with Gasteiger partial charge in [0.15, 0.2) is 0 Å². The maximum absolute atomic E-state index is 13.2. The van der Waals surface area contributed by atoms with Gasteiger partial charge in [-0.1, -0.05) is 0 Å². The van der Waals surface area contributed by atoms with Crippen molar-refractivity contribution in [2.75, 3.05) is 5.32 Å². The highest BCUT2D eigenvalue weighted by Gasteiger charge is 2.36. The molecule has 1 aromatic carbocycles. The molecule has 3 rings (SSSR count). The van der Waals surface area contributed by atoms with Crippen molar-refractivity contribution in [3.8, 4) is 6.07 Å². The fraction of sp³-hybridized carbons (Fsp3) is 0.471. The van der Waals surface area contributed by atoms with Gasteiger partial charge in [-0.2, -0.15) is 5.26 Å². The first-order valence-corrected chi connectivity index (χ1v) is 7.89. The van der Waals surface area contributed by atoms with Crippen LogP contribution in [0, 0.1) is 17.1 Å². The third-order valence-corrected chi connectivity index (χ3v) is 4.61. The molecule has 1 saturated heterocycles. The first-order valence-electron chi connectivity index (χ1n) is 7.89. The number of amides is 2. The van der Waals surface area contributed by atoms with Crippen molar-refractivity contribution >= 4 is 17.5 Å². The number of nitrogens with one attached hydrogen (secondary N) is 1. The standard InChI is InChI=1S/C17H18FN3O2/c18-12-1-6-15(11(9-12)10-19)20-13-2-4-14(5-3-13)21-16(22)7-8-17(21)23/h1,6,9,13-14,20H,2-5,7-8H2. The number of hydrogen-bond donors (Lipinski definition) is 1. The van der Waals surface area contributed by atoms with Gasteiger partial charge in [0.2, 0.25) is 11.8 Å². The molecule has 23 heavy (non-hydrogen) atoms. The van der Waals surface area contributed by atoms with Crippen LogP contribution < -0.4 is 5.32 Å². The summed E-state index contributed by atoms with van der Waals surface area (Å²) in [6.45, 7) is 0. The van der Waals surface area contributed by atoms with Crippen molar-refractivity contribution in [1.29, 1.82) is 5.26 Å². The van der Waals surface area contributed by atoms with Gasteiger partial charge in [-0.3, -0.25) is 14.5 Å². The highest BCUT2D eigenvalue weighted by Crippen LogP contribution is 2.29. The number of nitrogens with zero attached hydrogens (tertiary/aromatic N) is 2. The van der Waals surface area contributed by atoms with Crippen molar-refractivity contribution < 1.29 is 14.0 Å². The Kier molecular flexibility index (Phi) is 4.28. The van der Waals surface area contributed by atoms with Crippen molar-refractivity contribution in [3.05, 3.63) is 29.6 Å². The van der Waals surface area contributed by atoms with E-state index in [4.69, 9.17) is 5.26 Å². The minimum Gasteiger partial charge on any atom is -0.381 e. The Morgan fingerprint density at radius 2 is 1.78 bits per heavy atom. The summed E-state index contributed by atoms with van der Waals surface area (Å²) in [5, 5.41) is 12.4. The van der Waals surface area contributed by atoms with E-state index in [9.17, 15) is 14.0 Å². The van der Waals surface area contributed by atoms with E-state index in [1.807, 2.05) is 6.07 Å². The van der Waals surface area contributed by atoms with Gasteiger partial charge in [0, 0.05) is 24.9 Å². The van der Waals surface area contributed by atoms with Crippen LogP contribution in [-0.2, 0) is 9.59 Å². The van der Waals surface area contributed by atoms with E-state index in [1.54, 1.807) is 6.07 Å². The smallest absolute Gasteiger partial charge is 0.229 e. The second-order valence-corrected chi connectivity index (χ2v) is 6.11. The van der Waals surface area contributed by atoms with Crippen molar-refractivity contribution in [3.63, 3.8) is 0 Å². The normalized spacial score (nSPS) is 24.6. The van der Waals surface area contributed by atoms with E-state index >= 15 is 0 Å². The van der Waals surface area contributed by atoms with Crippen molar-refractivity contribution in [2.45, 2.75) is 50.6 Å². The number of likely N-dealkylation sites (tertiary alicyclic amines) is 1. The van der Waals surface area contributed by atoms with E-state index in [0.717, 1.165) is 25.7 Å². The Morgan fingerprint density at radius 3 is 2.39 bits per heavy atom. The molecular formula is C17H18FN3O2. The molecule has 1 N–H and O–H groups in total. The highest BCUT2D eigenvalue weighted by molar-refractivity contribution is 6.02. The molecule has 1 saturated carbocycles. The summed E-state index contributed by atoms with van der Waals surface area (Å²) in [5.74, 6) is -0.546. The number of nitriles is 1. The predicted octanol–water partition coefficient (Wildman–Crippen LogP) is 2.57. The van der Waals surface area contributed by atoms with Gasteiger partial charge in [-0.15, -0.1) is 0 Å². The van der Waals surface area contributed by atoms with Crippen LogP contribution in [0.2, 0.25) is 0 Å². The molecule has 6 heteroatoms. The quantitative estimate of drug-likeness (QED) is 0.870. The predicted molar refractivity (Wildman–Crippen MR) is 81.9 cm³/mol. The van der Waals surface area contributed by atoms with Crippen LogP contribution in [0.25, 0.3) is 0 Å². The monoisotopic (exact) mass is 315 g/mol. The Balaban J connectivity index is 1.61. The first kappa shape index (κ1) is 15.5. The summed E-state index contributed by atoms with van der Waals surface area (Å²) in [5.41, 5.74) is 0.919. The second-order valence-electron chi connectivity index (χ2n) is 6.11. The van der Waals surface area contributed by atoms with Gasteiger partial charge < -0.3 is 5.32 Å². The number of carbonyl (C=O) groups is 2. The lowest BCUT2D eigenvalue weighted by molar-refractivity contribution is -0.141. The van der Waals surface area contributed by atoms with Crippen molar-refractivity contribution in [2.24, 2.45) is 0 Å². The van der Waals surface area contributed by atoms with Gasteiger partial charge in [-0.25, -0.2) is 4.39 Å². The lowest BCUT2D eigenvalue weighted by atomic mass is 9.90. The number of benzene rings is 1. The summed E-state index contributed by atoms with van der Waals surface area (Å²) < 4.78 is 13.2. The number of halogens is 1. The van der Waals surface area contributed by atoms with Crippen LogP contribution in [0.5, 0.6) is 0 Å². The molecule has 2 fully saturated rings.